The molecule has 0 aromatic carbocycles. The van der Waals surface area contributed by atoms with E-state index in [-0.39, 0.29) is 97.6 Å². The monoisotopic (exact) mass is 417 g/mol. The average molecular weight is 421 g/mol. The third-order valence-corrected chi connectivity index (χ3v) is 0. The maximum atomic E-state index is 0. The van der Waals surface area contributed by atoms with Gasteiger partial charge in [0.25, 0.3) is 0 Å². The topological polar surface area (TPSA) is 57.0 Å². The number of hydrogen-bond acceptors (Lipinski definition) is 0. The van der Waals surface area contributed by atoms with Gasteiger partial charge in [-0.15, -0.1) is 0 Å². The minimum absolute atomic E-state index is 0. The van der Waals surface area contributed by atoms with Crippen LogP contribution in [0.15, 0.2) is 0 Å². The smallest absolute Gasteiger partial charge is 2.00 e. The van der Waals surface area contributed by atoms with Crippen molar-refractivity contribution in [1.82, 2.24) is 0 Å². The molecule has 0 atom stereocenters. The Morgan fingerprint density at radius 3 is 0.667 bits per heavy atom. The molecule has 0 bridgehead atoms. The van der Waals surface area contributed by atoms with Gasteiger partial charge in [-0.1, -0.05) is 0 Å². The van der Waals surface area contributed by atoms with Crippen LogP contribution < -0.4 is 0 Å². The molecule has 0 aromatic heterocycles. The second-order valence-corrected chi connectivity index (χ2v) is 0. The molecular weight excluding hydrogens is 421 g/mol. The summed E-state index contributed by atoms with van der Waals surface area (Å²) in [5, 5.41) is 0. The molecule has 2 nitrogen and oxygen atoms in total. The summed E-state index contributed by atoms with van der Waals surface area (Å²) in [5.74, 6) is 0. The SMILES string of the molecule is [Ag+].[Ag+].[Ag].[O-2].[O-2].[Zn+2]. The summed E-state index contributed by atoms with van der Waals surface area (Å²) in [7, 11) is 0. The molecule has 0 aromatic rings. The first-order valence-corrected chi connectivity index (χ1v) is 0. The Kier molecular flexibility index (Phi) is 536. The fourth-order valence-electron chi connectivity index (χ4n) is 0. The third kappa shape index (κ3) is 29.4. The second kappa shape index (κ2) is 46.5. The standard InChI is InChI=1S/3Ag.2O.Zn/q;2*+1;2*-2;+2. The van der Waals surface area contributed by atoms with Crippen molar-refractivity contribution in [1.29, 1.82) is 0 Å². The van der Waals surface area contributed by atoms with Crippen LogP contribution in [0.4, 0.5) is 0 Å². The van der Waals surface area contributed by atoms with Crippen molar-refractivity contribution in [2.24, 2.45) is 0 Å². The first kappa shape index (κ1) is 69.1. The fraction of sp³-hybridized carbons (Fsp3) is 0. The maximum absolute atomic E-state index is 0. The molecule has 1 radical (unpaired) electrons. The van der Waals surface area contributed by atoms with E-state index in [1.54, 1.807) is 0 Å². The van der Waals surface area contributed by atoms with Crippen molar-refractivity contribution < 1.29 is 97.6 Å². The molecule has 0 saturated heterocycles. The minimum Gasteiger partial charge on any atom is -2.00 e. The Hall–Kier alpha value is 2.76. The van der Waals surface area contributed by atoms with E-state index in [2.05, 4.69) is 0 Å². The predicted octanol–water partition coefficient (Wildman–Crippen LogP) is -0.248. The Bertz CT molecular complexity index is 8.75. The molecular formula is Ag3O2Zn. The van der Waals surface area contributed by atoms with Crippen LogP contribution in [-0.2, 0) is 97.6 Å². The quantitative estimate of drug-likeness (QED) is 0.485. The Morgan fingerprint density at radius 1 is 0.667 bits per heavy atom. The van der Waals surface area contributed by atoms with Gasteiger partial charge >= 0.3 is 64.2 Å². The van der Waals surface area contributed by atoms with E-state index in [1.165, 1.54) is 0 Å². The second-order valence-electron chi connectivity index (χ2n) is 0. The van der Waals surface area contributed by atoms with Crippen LogP contribution in [0.1, 0.15) is 0 Å². The van der Waals surface area contributed by atoms with E-state index >= 15 is 0 Å². The summed E-state index contributed by atoms with van der Waals surface area (Å²) in [5.41, 5.74) is 0. The van der Waals surface area contributed by atoms with Gasteiger partial charge in [-0.2, -0.15) is 0 Å². The van der Waals surface area contributed by atoms with E-state index in [0.717, 1.165) is 0 Å². The van der Waals surface area contributed by atoms with E-state index in [9.17, 15) is 0 Å². The van der Waals surface area contributed by atoms with Gasteiger partial charge < -0.3 is 11.0 Å². The van der Waals surface area contributed by atoms with Crippen molar-refractivity contribution in [3.05, 3.63) is 0 Å². The van der Waals surface area contributed by atoms with E-state index < -0.39 is 0 Å². The Labute approximate surface area is 96.1 Å². The van der Waals surface area contributed by atoms with Gasteiger partial charge in [0, 0.05) is 22.4 Å². The maximum Gasteiger partial charge on any atom is 2.00 e. The van der Waals surface area contributed by atoms with Crippen molar-refractivity contribution >= 4 is 0 Å². The molecule has 0 aliphatic carbocycles. The van der Waals surface area contributed by atoms with Gasteiger partial charge in [0.2, 0.25) is 0 Å². The molecule has 0 rings (SSSR count). The van der Waals surface area contributed by atoms with Crippen LogP contribution in [0.2, 0.25) is 0 Å². The molecule has 0 unspecified atom stereocenters. The van der Waals surface area contributed by atoms with E-state index in [0.29, 0.717) is 0 Å². The van der Waals surface area contributed by atoms with Gasteiger partial charge in [0.1, 0.15) is 0 Å². The van der Waals surface area contributed by atoms with Gasteiger partial charge in [0.05, 0.1) is 0 Å². The largest absolute Gasteiger partial charge is 2.00 e. The molecule has 0 N–H and O–H groups in total. The first-order chi connectivity index (χ1) is 0. The van der Waals surface area contributed by atoms with Crippen LogP contribution in [0.3, 0.4) is 0 Å². The summed E-state index contributed by atoms with van der Waals surface area (Å²) in [6.07, 6.45) is 0. The summed E-state index contributed by atoms with van der Waals surface area (Å²) >= 11 is 0. The van der Waals surface area contributed by atoms with Gasteiger partial charge in [0.15, 0.2) is 0 Å². The van der Waals surface area contributed by atoms with Crippen molar-refractivity contribution in [2.45, 2.75) is 0 Å². The van der Waals surface area contributed by atoms with E-state index in [1.807, 2.05) is 0 Å². The molecule has 0 fully saturated rings. The molecule has 6 heteroatoms. The molecule has 0 aliphatic rings. The number of hydrogen-bond donors (Lipinski definition) is 0. The molecule has 0 saturated carbocycles. The summed E-state index contributed by atoms with van der Waals surface area (Å²) in [6.45, 7) is 0. The van der Waals surface area contributed by atoms with Crippen molar-refractivity contribution in [3.8, 4) is 0 Å². The van der Waals surface area contributed by atoms with Gasteiger partial charge in [-0.25, -0.2) is 0 Å². The zero-order valence-electron chi connectivity index (χ0n) is 2.43. The fourth-order valence-corrected chi connectivity index (χ4v) is 0. The Balaban J connectivity index is 0. The van der Waals surface area contributed by atoms with Crippen LogP contribution in [-0.4, -0.2) is 0 Å². The summed E-state index contributed by atoms with van der Waals surface area (Å²) in [6, 6.07) is 0. The first-order valence-electron chi connectivity index (χ1n) is 0. The van der Waals surface area contributed by atoms with Crippen molar-refractivity contribution in [2.75, 3.05) is 0 Å². The van der Waals surface area contributed by atoms with Crippen molar-refractivity contribution in [3.63, 3.8) is 0 Å². The molecule has 0 spiro atoms. The van der Waals surface area contributed by atoms with Crippen LogP contribution >= 0.6 is 0 Å². The summed E-state index contributed by atoms with van der Waals surface area (Å²) < 4.78 is 0. The van der Waals surface area contributed by atoms with Crippen LogP contribution in [0.5, 0.6) is 0 Å². The Morgan fingerprint density at radius 2 is 0.667 bits per heavy atom. The normalized spacial score (nSPS) is 0. The predicted molar refractivity (Wildman–Crippen MR) is 1.37 cm³/mol. The van der Waals surface area contributed by atoms with E-state index in [4.69, 9.17) is 0 Å². The summed E-state index contributed by atoms with van der Waals surface area (Å²) in [4.78, 5) is 0. The number of rotatable bonds is 0. The van der Waals surface area contributed by atoms with Gasteiger partial charge in [-0.05, 0) is 0 Å². The molecule has 0 aliphatic heterocycles. The zero-order chi connectivity index (χ0) is 0. The minimum atomic E-state index is 0. The molecule has 0 amide bonds. The van der Waals surface area contributed by atoms with Crippen LogP contribution in [0, 0.1) is 0 Å². The van der Waals surface area contributed by atoms with Gasteiger partial charge in [-0.3, -0.25) is 0 Å². The van der Waals surface area contributed by atoms with Crippen LogP contribution in [0.25, 0.3) is 0 Å². The zero-order valence-corrected chi connectivity index (χ0v) is 9.84. The third-order valence-electron chi connectivity index (χ3n) is 0. The molecule has 47 valence electrons. The molecule has 6 heavy (non-hydrogen) atoms. The average Bonchev–Trinajstić information content (AvgIpc) is 0. The molecule has 0 heterocycles.